The fourth-order valence-electron chi connectivity index (χ4n) is 1.09. The Bertz CT molecular complexity index is 434. The lowest BCUT2D eigenvalue weighted by Gasteiger charge is -2.03. The van der Waals surface area contributed by atoms with Crippen LogP contribution >= 0.6 is 34.2 Å². The molecule has 0 aliphatic rings. The third-order valence-corrected chi connectivity index (χ3v) is 3.32. The Morgan fingerprint density at radius 3 is 2.67 bits per heavy atom. The van der Waals surface area contributed by atoms with Crippen LogP contribution in [0, 0.1) is 20.6 Å². The summed E-state index contributed by atoms with van der Waals surface area (Å²) in [5.74, 6) is -0.478. The van der Waals surface area contributed by atoms with E-state index in [1.807, 2.05) is 22.6 Å². The fourth-order valence-corrected chi connectivity index (χ4v) is 1.86. The molecule has 0 atom stereocenters. The normalized spacial score (nSPS) is 10.1. The van der Waals surface area contributed by atoms with Crippen molar-refractivity contribution in [1.82, 2.24) is 0 Å². The first-order valence-electron chi connectivity index (χ1n) is 4.01. The van der Waals surface area contributed by atoms with Gasteiger partial charge in [-0.25, -0.2) is 0 Å². The number of hydrogen-bond acceptors (Lipinski definition) is 3. The first-order chi connectivity index (χ1) is 6.97. The average molecular weight is 340 g/mol. The van der Waals surface area contributed by atoms with Crippen molar-refractivity contribution in [3.63, 3.8) is 0 Å². The second-order valence-electron chi connectivity index (χ2n) is 2.92. The van der Waals surface area contributed by atoms with Crippen LogP contribution in [0.2, 0.25) is 0 Å². The zero-order valence-corrected chi connectivity index (χ0v) is 10.7. The number of halogens is 2. The summed E-state index contributed by atoms with van der Waals surface area (Å²) in [5, 5.41) is 10.7. The molecular weight excluding hydrogens is 332 g/mol. The Kier molecular flexibility index (Phi) is 4.04. The maximum absolute atomic E-state index is 11.3. The molecule has 0 bridgehead atoms. The van der Waals surface area contributed by atoms with Gasteiger partial charge in [-0.3, -0.25) is 14.9 Å². The minimum Gasteiger partial charge on any atom is -0.293 e. The van der Waals surface area contributed by atoms with E-state index in [0.717, 1.165) is 0 Å². The monoisotopic (exact) mass is 339 g/mol. The Hall–Kier alpha value is -0.690. The number of nitro benzene ring substituents is 1. The first-order valence-corrected chi connectivity index (χ1v) is 5.62. The highest BCUT2D eigenvalue weighted by molar-refractivity contribution is 14.1. The number of nitrogens with zero attached hydrogens (tertiary/aromatic N) is 1. The highest BCUT2D eigenvalue weighted by atomic mass is 127. The van der Waals surface area contributed by atoms with Crippen molar-refractivity contribution in [3.8, 4) is 0 Å². The molecule has 0 heterocycles. The van der Waals surface area contributed by atoms with Gasteiger partial charge in [0.05, 0.1) is 10.8 Å². The van der Waals surface area contributed by atoms with Crippen molar-refractivity contribution in [1.29, 1.82) is 0 Å². The third-order valence-electron chi connectivity index (χ3n) is 1.96. The van der Waals surface area contributed by atoms with Gasteiger partial charge in [0.25, 0.3) is 5.69 Å². The molecule has 0 saturated heterocycles. The molecule has 0 N–H and O–H groups in total. The van der Waals surface area contributed by atoms with E-state index in [1.54, 1.807) is 13.0 Å². The minimum atomic E-state index is -0.498. The van der Waals surface area contributed by atoms with Gasteiger partial charge in [0.1, 0.15) is 0 Å². The summed E-state index contributed by atoms with van der Waals surface area (Å²) in [7, 11) is 0. The molecule has 0 aliphatic carbocycles. The third kappa shape index (κ3) is 2.66. The second kappa shape index (κ2) is 4.89. The number of hydrogen-bond donors (Lipinski definition) is 0. The zero-order chi connectivity index (χ0) is 11.6. The molecule has 0 fully saturated rings. The van der Waals surface area contributed by atoms with E-state index >= 15 is 0 Å². The van der Waals surface area contributed by atoms with Crippen LogP contribution in [-0.2, 0) is 0 Å². The van der Waals surface area contributed by atoms with Crippen LogP contribution in [0.25, 0.3) is 0 Å². The highest BCUT2D eigenvalue weighted by Gasteiger charge is 2.17. The van der Waals surface area contributed by atoms with Crippen LogP contribution in [0.1, 0.15) is 15.9 Å². The molecule has 80 valence electrons. The summed E-state index contributed by atoms with van der Waals surface area (Å²) in [5.41, 5.74) is 0.800. The van der Waals surface area contributed by atoms with Crippen molar-refractivity contribution >= 4 is 45.7 Å². The van der Waals surface area contributed by atoms with Crippen LogP contribution in [0.5, 0.6) is 0 Å². The summed E-state index contributed by atoms with van der Waals surface area (Å²) in [6, 6.07) is 2.87. The van der Waals surface area contributed by atoms with Crippen molar-refractivity contribution in [2.45, 2.75) is 6.92 Å². The lowest BCUT2D eigenvalue weighted by molar-refractivity contribution is -0.385. The first kappa shape index (κ1) is 12.4. The van der Waals surface area contributed by atoms with Crippen LogP contribution in [-0.4, -0.2) is 16.6 Å². The van der Waals surface area contributed by atoms with Crippen LogP contribution in [0.15, 0.2) is 12.1 Å². The number of ketones is 1. The van der Waals surface area contributed by atoms with Gasteiger partial charge in [0.15, 0.2) is 5.78 Å². The van der Waals surface area contributed by atoms with Gasteiger partial charge in [-0.15, -0.1) is 11.6 Å². The molecule has 0 radical (unpaired) electrons. The molecule has 6 heteroatoms. The molecule has 0 amide bonds. The number of benzene rings is 1. The summed E-state index contributed by atoms with van der Waals surface area (Å²) in [4.78, 5) is 21.5. The minimum absolute atomic E-state index is 0.0460. The zero-order valence-electron chi connectivity index (χ0n) is 7.79. The highest BCUT2D eigenvalue weighted by Crippen LogP contribution is 2.25. The smallest absolute Gasteiger partial charge is 0.274 e. The number of nitro groups is 1. The van der Waals surface area contributed by atoms with Crippen molar-refractivity contribution in [2.75, 3.05) is 5.88 Å². The Labute approximate surface area is 105 Å². The number of carbonyl (C=O) groups is 1. The van der Waals surface area contributed by atoms with E-state index in [9.17, 15) is 14.9 Å². The van der Waals surface area contributed by atoms with Crippen LogP contribution in [0.4, 0.5) is 5.69 Å². The molecular formula is C9H7ClINO3. The van der Waals surface area contributed by atoms with Crippen molar-refractivity contribution < 1.29 is 9.72 Å². The topological polar surface area (TPSA) is 60.2 Å². The molecule has 0 unspecified atom stereocenters. The lowest BCUT2D eigenvalue weighted by atomic mass is 10.1. The van der Waals surface area contributed by atoms with Gasteiger partial charge in [-0.1, -0.05) is 0 Å². The maximum Gasteiger partial charge on any atom is 0.274 e. The predicted octanol–water partition coefficient (Wildman–Crippen LogP) is 2.93. The molecule has 1 rings (SSSR count). The molecule has 0 aliphatic heterocycles. The number of carbonyl (C=O) groups excluding carboxylic acids is 1. The van der Waals surface area contributed by atoms with E-state index in [4.69, 9.17) is 11.6 Å². The SMILES string of the molecule is Cc1c(I)cc(C(=O)CCl)cc1[N+](=O)[O-]. The molecule has 4 nitrogen and oxygen atoms in total. The Morgan fingerprint density at radius 2 is 2.20 bits per heavy atom. The molecule has 0 spiro atoms. The van der Waals surface area contributed by atoms with Crippen LogP contribution < -0.4 is 0 Å². The molecule has 15 heavy (non-hydrogen) atoms. The number of alkyl halides is 1. The van der Waals surface area contributed by atoms with E-state index in [1.165, 1.54) is 6.07 Å². The van der Waals surface area contributed by atoms with Gasteiger partial charge >= 0.3 is 0 Å². The molecule has 0 saturated carbocycles. The van der Waals surface area contributed by atoms with Crippen LogP contribution in [0.3, 0.4) is 0 Å². The standard InChI is InChI=1S/C9H7ClINO3/c1-5-7(11)2-6(9(13)4-10)3-8(5)12(14)15/h2-3H,4H2,1H3. The summed E-state index contributed by atoms with van der Waals surface area (Å²) < 4.78 is 0.690. The summed E-state index contributed by atoms with van der Waals surface area (Å²) in [6.45, 7) is 1.65. The second-order valence-corrected chi connectivity index (χ2v) is 4.35. The van der Waals surface area contributed by atoms with E-state index in [-0.39, 0.29) is 22.9 Å². The largest absolute Gasteiger partial charge is 0.293 e. The Balaban J connectivity index is 3.35. The van der Waals surface area contributed by atoms with Gasteiger partial charge in [-0.05, 0) is 35.6 Å². The summed E-state index contributed by atoms with van der Waals surface area (Å²) in [6.07, 6.45) is 0. The van der Waals surface area contributed by atoms with Gasteiger partial charge in [-0.2, -0.15) is 0 Å². The quantitative estimate of drug-likeness (QED) is 0.280. The van der Waals surface area contributed by atoms with Gasteiger partial charge in [0, 0.05) is 20.8 Å². The van der Waals surface area contributed by atoms with E-state index in [0.29, 0.717) is 9.13 Å². The van der Waals surface area contributed by atoms with E-state index < -0.39 is 4.92 Å². The average Bonchev–Trinajstić information content (AvgIpc) is 2.20. The van der Waals surface area contributed by atoms with Crippen molar-refractivity contribution in [3.05, 3.63) is 36.9 Å². The van der Waals surface area contributed by atoms with E-state index in [2.05, 4.69) is 0 Å². The predicted molar refractivity (Wildman–Crippen MR) is 65.6 cm³/mol. The molecule has 1 aromatic rings. The Morgan fingerprint density at radius 1 is 1.60 bits per heavy atom. The number of Topliss-reactive ketones (excluding diaryl/α,β-unsaturated/α-hetero) is 1. The summed E-state index contributed by atoms with van der Waals surface area (Å²) >= 11 is 7.35. The fraction of sp³-hybridized carbons (Fsp3) is 0.222. The van der Waals surface area contributed by atoms with Gasteiger partial charge < -0.3 is 0 Å². The maximum atomic E-state index is 11.3. The number of rotatable bonds is 3. The molecule has 0 aromatic heterocycles. The lowest BCUT2D eigenvalue weighted by Crippen LogP contribution is -2.04. The van der Waals surface area contributed by atoms with Gasteiger partial charge in [0.2, 0.25) is 0 Å². The molecule has 1 aromatic carbocycles. The van der Waals surface area contributed by atoms with Crippen molar-refractivity contribution in [2.24, 2.45) is 0 Å².